The Morgan fingerprint density at radius 3 is 2.89 bits per heavy atom. The van der Waals surface area contributed by atoms with Gasteiger partial charge in [-0.25, -0.2) is 0 Å². The molecule has 0 fully saturated rings. The van der Waals surface area contributed by atoms with Gasteiger partial charge in [-0.2, -0.15) is 11.8 Å². The Balaban J connectivity index is 2.12. The summed E-state index contributed by atoms with van der Waals surface area (Å²) in [7, 11) is 1.71. The van der Waals surface area contributed by atoms with Crippen molar-refractivity contribution in [2.24, 2.45) is 0 Å². The second-order valence-corrected chi connectivity index (χ2v) is 6.76. The Morgan fingerprint density at radius 1 is 1.47 bits per heavy atom. The molecule has 1 heterocycles. The fourth-order valence-corrected chi connectivity index (χ4v) is 3.29. The van der Waals surface area contributed by atoms with Gasteiger partial charge < -0.3 is 10.2 Å². The molecule has 0 aliphatic carbocycles. The Labute approximate surface area is 119 Å². The van der Waals surface area contributed by atoms with Gasteiger partial charge in [-0.05, 0) is 16.9 Å². The van der Waals surface area contributed by atoms with Crippen LogP contribution in [0.3, 0.4) is 0 Å². The lowest BCUT2D eigenvalue weighted by atomic mass is 10.1. The number of likely N-dealkylation sites (N-methyl/N-ethyl adjacent to an activating group) is 1. The molecule has 4 heteroatoms. The van der Waals surface area contributed by atoms with E-state index < -0.39 is 0 Å². The SMILES string of the molecule is CNC(=O)[C@H]1Cc2ccccc2N1CCSC(C)C. The predicted octanol–water partition coefficient (Wildman–Crippen LogP) is 2.31. The molecule has 3 nitrogen and oxygen atoms in total. The van der Waals surface area contributed by atoms with E-state index in [1.807, 2.05) is 23.9 Å². The Morgan fingerprint density at radius 2 is 2.21 bits per heavy atom. The fraction of sp³-hybridized carbons (Fsp3) is 0.533. The van der Waals surface area contributed by atoms with Gasteiger partial charge in [0.25, 0.3) is 0 Å². The summed E-state index contributed by atoms with van der Waals surface area (Å²) in [6, 6.07) is 8.30. The van der Waals surface area contributed by atoms with E-state index in [1.165, 1.54) is 11.3 Å². The van der Waals surface area contributed by atoms with E-state index in [1.54, 1.807) is 7.05 Å². The van der Waals surface area contributed by atoms with Gasteiger partial charge in [-0.1, -0.05) is 32.0 Å². The summed E-state index contributed by atoms with van der Waals surface area (Å²) in [6.45, 7) is 5.34. The van der Waals surface area contributed by atoms with Crippen LogP contribution in [0.1, 0.15) is 19.4 Å². The minimum Gasteiger partial charge on any atom is -0.358 e. The maximum absolute atomic E-state index is 12.0. The van der Waals surface area contributed by atoms with E-state index in [9.17, 15) is 4.79 Å². The number of para-hydroxylation sites is 1. The number of nitrogens with zero attached hydrogens (tertiary/aromatic N) is 1. The van der Waals surface area contributed by atoms with Crippen LogP contribution < -0.4 is 10.2 Å². The number of carbonyl (C=O) groups excluding carboxylic acids is 1. The van der Waals surface area contributed by atoms with Crippen molar-refractivity contribution in [2.45, 2.75) is 31.6 Å². The molecule has 0 saturated heterocycles. The van der Waals surface area contributed by atoms with Crippen molar-refractivity contribution in [1.29, 1.82) is 0 Å². The van der Waals surface area contributed by atoms with Crippen LogP contribution in [-0.4, -0.2) is 36.5 Å². The van der Waals surface area contributed by atoms with Crippen molar-refractivity contribution in [3.05, 3.63) is 29.8 Å². The molecular formula is C15H22N2OS. The van der Waals surface area contributed by atoms with Gasteiger partial charge in [0.15, 0.2) is 0 Å². The topological polar surface area (TPSA) is 32.3 Å². The first-order chi connectivity index (χ1) is 9.13. The second-order valence-electron chi connectivity index (χ2n) is 5.08. The monoisotopic (exact) mass is 278 g/mol. The number of hydrogen-bond acceptors (Lipinski definition) is 3. The lowest BCUT2D eigenvalue weighted by molar-refractivity contribution is -0.121. The number of thioether (sulfide) groups is 1. The molecule has 1 aromatic carbocycles. The van der Waals surface area contributed by atoms with Gasteiger partial charge in [0, 0.05) is 31.5 Å². The van der Waals surface area contributed by atoms with Crippen molar-refractivity contribution in [2.75, 3.05) is 24.2 Å². The maximum atomic E-state index is 12.0. The Hall–Kier alpha value is -1.16. The largest absolute Gasteiger partial charge is 0.358 e. The number of fused-ring (bicyclic) bond motifs is 1. The number of benzene rings is 1. The van der Waals surface area contributed by atoms with Crippen molar-refractivity contribution in [1.82, 2.24) is 5.32 Å². The second kappa shape index (κ2) is 6.33. The molecule has 19 heavy (non-hydrogen) atoms. The molecule has 0 unspecified atom stereocenters. The zero-order chi connectivity index (χ0) is 13.8. The smallest absolute Gasteiger partial charge is 0.242 e. The van der Waals surface area contributed by atoms with Gasteiger partial charge in [-0.3, -0.25) is 4.79 Å². The molecule has 2 rings (SSSR count). The van der Waals surface area contributed by atoms with Gasteiger partial charge >= 0.3 is 0 Å². The number of nitrogens with one attached hydrogen (secondary N) is 1. The van der Waals surface area contributed by atoms with Crippen LogP contribution in [0.25, 0.3) is 0 Å². The minimum atomic E-state index is -0.0461. The maximum Gasteiger partial charge on any atom is 0.242 e. The first kappa shape index (κ1) is 14.3. The molecule has 1 atom stereocenters. The zero-order valence-electron chi connectivity index (χ0n) is 11.8. The first-order valence-corrected chi connectivity index (χ1v) is 7.86. The molecule has 1 aromatic rings. The van der Waals surface area contributed by atoms with Gasteiger partial charge in [0.05, 0.1) is 0 Å². The summed E-state index contributed by atoms with van der Waals surface area (Å²) >= 11 is 1.94. The van der Waals surface area contributed by atoms with Crippen LogP contribution in [0.2, 0.25) is 0 Å². The molecule has 1 aliphatic rings. The highest BCUT2D eigenvalue weighted by Gasteiger charge is 2.33. The molecule has 0 radical (unpaired) electrons. The summed E-state index contributed by atoms with van der Waals surface area (Å²) in [4.78, 5) is 14.3. The summed E-state index contributed by atoms with van der Waals surface area (Å²) < 4.78 is 0. The van der Waals surface area contributed by atoms with Crippen molar-refractivity contribution >= 4 is 23.4 Å². The lowest BCUT2D eigenvalue weighted by Crippen LogP contribution is -2.45. The lowest BCUT2D eigenvalue weighted by Gasteiger charge is -2.26. The molecule has 0 saturated carbocycles. The van der Waals surface area contributed by atoms with Crippen molar-refractivity contribution < 1.29 is 4.79 Å². The number of amides is 1. The van der Waals surface area contributed by atoms with Crippen LogP contribution in [0.4, 0.5) is 5.69 Å². The van der Waals surface area contributed by atoms with E-state index in [0.717, 1.165) is 18.7 Å². The van der Waals surface area contributed by atoms with E-state index in [0.29, 0.717) is 5.25 Å². The average molecular weight is 278 g/mol. The Bertz CT molecular complexity index is 448. The van der Waals surface area contributed by atoms with E-state index in [-0.39, 0.29) is 11.9 Å². The molecule has 1 N–H and O–H groups in total. The number of hydrogen-bond donors (Lipinski definition) is 1. The predicted molar refractivity (Wildman–Crippen MR) is 82.9 cm³/mol. The average Bonchev–Trinajstić information content (AvgIpc) is 2.77. The summed E-state index contributed by atoms with van der Waals surface area (Å²) in [5.41, 5.74) is 2.51. The molecule has 1 amide bonds. The highest BCUT2D eigenvalue weighted by molar-refractivity contribution is 7.99. The molecule has 0 bridgehead atoms. The van der Waals surface area contributed by atoms with Crippen LogP contribution in [-0.2, 0) is 11.2 Å². The third-order valence-corrected chi connectivity index (χ3v) is 4.51. The number of rotatable bonds is 5. The molecule has 1 aliphatic heterocycles. The highest BCUT2D eigenvalue weighted by atomic mass is 32.2. The van der Waals surface area contributed by atoms with Crippen LogP contribution in [0.15, 0.2) is 24.3 Å². The summed E-state index contributed by atoms with van der Waals surface area (Å²) in [5.74, 6) is 1.17. The van der Waals surface area contributed by atoms with Crippen LogP contribution in [0.5, 0.6) is 0 Å². The van der Waals surface area contributed by atoms with E-state index in [4.69, 9.17) is 0 Å². The van der Waals surface area contributed by atoms with E-state index >= 15 is 0 Å². The molecular weight excluding hydrogens is 256 g/mol. The molecule has 104 valence electrons. The van der Waals surface area contributed by atoms with E-state index in [2.05, 4.69) is 36.2 Å². The number of anilines is 1. The third-order valence-electron chi connectivity index (χ3n) is 3.42. The molecule has 0 aromatic heterocycles. The van der Waals surface area contributed by atoms with Crippen LogP contribution in [0, 0.1) is 0 Å². The minimum absolute atomic E-state index is 0.0461. The first-order valence-electron chi connectivity index (χ1n) is 6.81. The fourth-order valence-electron chi connectivity index (χ4n) is 2.51. The highest BCUT2D eigenvalue weighted by Crippen LogP contribution is 2.32. The van der Waals surface area contributed by atoms with Crippen molar-refractivity contribution in [3.8, 4) is 0 Å². The standard InChI is InChI=1S/C15H22N2OS/c1-11(2)19-9-8-17-13-7-5-4-6-12(13)10-14(17)15(18)16-3/h4-7,11,14H,8-10H2,1-3H3,(H,16,18)/t14-/m1/s1. The Kier molecular flexibility index (Phi) is 4.75. The summed E-state index contributed by atoms with van der Waals surface area (Å²) in [5, 5.41) is 3.42. The van der Waals surface area contributed by atoms with Crippen molar-refractivity contribution in [3.63, 3.8) is 0 Å². The quantitative estimate of drug-likeness (QED) is 0.897. The third kappa shape index (κ3) is 3.24. The normalized spacial score (nSPS) is 17.7. The van der Waals surface area contributed by atoms with Gasteiger partial charge in [0.1, 0.15) is 6.04 Å². The van der Waals surface area contributed by atoms with Gasteiger partial charge in [-0.15, -0.1) is 0 Å². The molecule has 0 spiro atoms. The van der Waals surface area contributed by atoms with Crippen LogP contribution >= 0.6 is 11.8 Å². The summed E-state index contributed by atoms with van der Waals surface area (Å²) in [6.07, 6.45) is 0.822. The zero-order valence-corrected chi connectivity index (χ0v) is 12.7. The van der Waals surface area contributed by atoms with Gasteiger partial charge in [0.2, 0.25) is 5.91 Å². The number of carbonyl (C=O) groups is 1.